The summed E-state index contributed by atoms with van der Waals surface area (Å²) in [6.45, 7) is 42.8. The zero-order valence-corrected chi connectivity index (χ0v) is 32.4. The van der Waals surface area contributed by atoms with Crippen LogP contribution in [0.25, 0.3) is 22.3 Å². The highest BCUT2D eigenvalue weighted by atomic mass is 15.1. The smallest absolute Gasteiger partial charge is 0.0473 e. The average molecular weight is 612 g/mol. The van der Waals surface area contributed by atoms with Crippen LogP contribution in [-0.2, 0) is 10.8 Å². The molecule has 0 heterocycles. The molecule has 0 spiro atoms. The summed E-state index contributed by atoms with van der Waals surface area (Å²) in [5.74, 6) is 0. The van der Waals surface area contributed by atoms with E-state index >= 15 is 0 Å². The molecule has 0 bridgehead atoms. The van der Waals surface area contributed by atoms with Crippen molar-refractivity contribution in [1.82, 2.24) is 0 Å². The van der Waals surface area contributed by atoms with Crippen molar-refractivity contribution < 1.29 is 0 Å². The molecule has 1 heteroatoms. The molecule has 0 fully saturated rings. The topological polar surface area (TPSA) is 3.24 Å². The Kier molecular flexibility index (Phi) is 6.98. The molecule has 0 amide bonds. The molecule has 6 rings (SSSR count). The van der Waals surface area contributed by atoms with Gasteiger partial charge in [0.15, 0.2) is 0 Å². The van der Waals surface area contributed by atoms with E-state index in [1.165, 1.54) is 134 Å². The molecule has 0 saturated heterocycles. The number of fused-ring (bicyclic) bond motifs is 6. The van der Waals surface area contributed by atoms with Gasteiger partial charge in [0.25, 0.3) is 0 Å². The van der Waals surface area contributed by atoms with Crippen LogP contribution in [0.15, 0.2) is 0 Å². The molecule has 46 heavy (non-hydrogen) atoms. The Balaban J connectivity index is 1.66. The molecule has 0 saturated carbocycles. The van der Waals surface area contributed by atoms with Crippen molar-refractivity contribution in [3.05, 3.63) is 100 Å². The molecule has 4 aromatic rings. The molecule has 2 aliphatic carbocycles. The van der Waals surface area contributed by atoms with Crippen molar-refractivity contribution in [2.45, 2.75) is 135 Å². The average Bonchev–Trinajstić information content (AvgIpc) is 3.38. The summed E-state index contributed by atoms with van der Waals surface area (Å²) in [6, 6.07) is 0. The molecular formula is C45H57N. The SMILES string of the molecule is Cc1c(C)c(C)c2c(c1C)-c1c(C)c(C)c(N(C)c3c(C)c(C)c4c(c3C)C(C)(C)c3c(C)c(C)c(C)c(C)c3-4)c(C)c1C2(C)C. The maximum absolute atomic E-state index is 2.57. The van der Waals surface area contributed by atoms with Gasteiger partial charge < -0.3 is 4.90 Å². The van der Waals surface area contributed by atoms with Gasteiger partial charge in [-0.25, -0.2) is 0 Å². The summed E-state index contributed by atoms with van der Waals surface area (Å²) >= 11 is 0. The maximum Gasteiger partial charge on any atom is 0.0473 e. The zero-order chi connectivity index (χ0) is 34.4. The van der Waals surface area contributed by atoms with Crippen LogP contribution in [0.5, 0.6) is 0 Å². The van der Waals surface area contributed by atoms with Crippen molar-refractivity contribution in [3.8, 4) is 22.3 Å². The second kappa shape index (κ2) is 9.85. The molecule has 0 atom stereocenters. The summed E-state index contributed by atoms with van der Waals surface area (Å²) in [4.78, 5) is 2.57. The number of hydrogen-bond acceptors (Lipinski definition) is 1. The van der Waals surface area contributed by atoms with E-state index < -0.39 is 0 Å². The number of anilines is 2. The normalized spacial score (nSPS) is 15.2. The second-order valence-corrected chi connectivity index (χ2v) is 16.3. The fourth-order valence-corrected chi connectivity index (χ4v) is 10.6. The number of hydrogen-bond donors (Lipinski definition) is 0. The van der Waals surface area contributed by atoms with Gasteiger partial charge in [0.05, 0.1) is 0 Å². The Morgan fingerprint density at radius 3 is 0.783 bits per heavy atom. The fraction of sp³-hybridized carbons (Fsp3) is 0.467. The summed E-state index contributed by atoms with van der Waals surface area (Å²) in [6.07, 6.45) is 0. The van der Waals surface area contributed by atoms with E-state index in [2.05, 4.69) is 137 Å². The Labute approximate surface area is 280 Å². The molecule has 0 unspecified atom stereocenters. The standard InChI is InChI=1S/C45H57N/c1-20-22(3)28(9)38-34(24(20)5)36-26(7)30(11)42(32(13)40(36)44(38,15)16)46(19)43-31(12)27(8)37-35-25(6)21(2)23(4)29(10)39(35)45(17,18)41(37)33(43)14/h1-19H3. The van der Waals surface area contributed by atoms with E-state index in [9.17, 15) is 0 Å². The lowest BCUT2D eigenvalue weighted by Gasteiger charge is -2.35. The van der Waals surface area contributed by atoms with E-state index in [0.29, 0.717) is 0 Å². The lowest BCUT2D eigenvalue weighted by molar-refractivity contribution is 0.648. The van der Waals surface area contributed by atoms with Crippen LogP contribution in [0, 0.1) is 96.9 Å². The first kappa shape index (κ1) is 32.6. The minimum absolute atomic E-state index is 0.0670. The maximum atomic E-state index is 2.57. The molecule has 0 radical (unpaired) electrons. The quantitative estimate of drug-likeness (QED) is 0.218. The molecule has 4 aromatic carbocycles. The Morgan fingerprint density at radius 1 is 0.283 bits per heavy atom. The van der Waals surface area contributed by atoms with Crippen molar-refractivity contribution in [2.24, 2.45) is 0 Å². The van der Waals surface area contributed by atoms with Crippen LogP contribution in [-0.4, -0.2) is 7.05 Å². The lowest BCUT2D eigenvalue weighted by Crippen LogP contribution is -2.24. The van der Waals surface area contributed by atoms with E-state index in [-0.39, 0.29) is 10.8 Å². The van der Waals surface area contributed by atoms with Crippen LogP contribution in [0.1, 0.15) is 128 Å². The van der Waals surface area contributed by atoms with Crippen LogP contribution >= 0.6 is 0 Å². The van der Waals surface area contributed by atoms with Crippen LogP contribution < -0.4 is 4.90 Å². The van der Waals surface area contributed by atoms with Crippen LogP contribution in [0.3, 0.4) is 0 Å². The van der Waals surface area contributed by atoms with Gasteiger partial charge in [0.2, 0.25) is 0 Å². The summed E-state index contributed by atoms with van der Waals surface area (Å²) in [5, 5.41) is 0. The monoisotopic (exact) mass is 611 g/mol. The van der Waals surface area contributed by atoms with Crippen LogP contribution in [0.2, 0.25) is 0 Å². The van der Waals surface area contributed by atoms with Crippen molar-refractivity contribution in [3.63, 3.8) is 0 Å². The van der Waals surface area contributed by atoms with Crippen molar-refractivity contribution >= 4 is 11.4 Å². The number of nitrogens with zero attached hydrogens (tertiary/aromatic N) is 1. The third-order valence-electron chi connectivity index (χ3n) is 13.6. The third-order valence-corrected chi connectivity index (χ3v) is 13.6. The Morgan fingerprint density at radius 2 is 0.500 bits per heavy atom. The van der Waals surface area contributed by atoms with Gasteiger partial charge in [-0.3, -0.25) is 0 Å². The van der Waals surface area contributed by atoms with Gasteiger partial charge in [-0.2, -0.15) is 0 Å². The van der Waals surface area contributed by atoms with Gasteiger partial charge in [-0.1, -0.05) is 27.7 Å². The minimum Gasteiger partial charge on any atom is -0.344 e. The molecule has 242 valence electrons. The largest absolute Gasteiger partial charge is 0.344 e. The predicted molar refractivity (Wildman–Crippen MR) is 202 cm³/mol. The molecule has 2 aliphatic rings. The van der Waals surface area contributed by atoms with Gasteiger partial charge >= 0.3 is 0 Å². The lowest BCUT2D eigenvalue weighted by atomic mass is 9.75. The van der Waals surface area contributed by atoms with E-state index in [0.717, 1.165) is 0 Å². The van der Waals surface area contributed by atoms with Crippen molar-refractivity contribution in [2.75, 3.05) is 11.9 Å². The van der Waals surface area contributed by atoms with Gasteiger partial charge in [-0.15, -0.1) is 0 Å². The van der Waals surface area contributed by atoms with E-state index in [1.807, 2.05) is 0 Å². The summed E-state index contributed by atoms with van der Waals surface area (Å²) in [7, 11) is 2.34. The Hall–Kier alpha value is -3.32. The first-order valence-electron chi connectivity index (χ1n) is 17.4. The zero-order valence-electron chi connectivity index (χ0n) is 32.4. The predicted octanol–water partition coefficient (Wildman–Crippen LogP) is 12.4. The summed E-state index contributed by atoms with van der Waals surface area (Å²) in [5.41, 5.74) is 34.8. The molecule has 0 aliphatic heterocycles. The van der Waals surface area contributed by atoms with E-state index in [1.54, 1.807) is 0 Å². The molecule has 1 nitrogen and oxygen atoms in total. The highest BCUT2D eigenvalue weighted by molar-refractivity contribution is 5.95. The van der Waals surface area contributed by atoms with Gasteiger partial charge in [-0.05, 0) is 219 Å². The second-order valence-electron chi connectivity index (χ2n) is 16.3. The van der Waals surface area contributed by atoms with E-state index in [4.69, 9.17) is 0 Å². The first-order chi connectivity index (χ1) is 21.1. The number of rotatable bonds is 2. The highest BCUT2D eigenvalue weighted by Gasteiger charge is 2.44. The number of benzene rings is 4. The van der Waals surface area contributed by atoms with Gasteiger partial charge in [0, 0.05) is 29.3 Å². The van der Waals surface area contributed by atoms with Gasteiger partial charge in [0.1, 0.15) is 0 Å². The van der Waals surface area contributed by atoms with Crippen molar-refractivity contribution in [1.29, 1.82) is 0 Å². The Bertz CT molecular complexity index is 1930. The minimum atomic E-state index is -0.0670. The molecule has 0 aromatic heterocycles. The molecule has 0 N–H and O–H groups in total. The molecular weight excluding hydrogens is 555 g/mol. The first-order valence-corrected chi connectivity index (χ1v) is 17.4. The fourth-order valence-electron chi connectivity index (χ4n) is 10.6. The highest BCUT2D eigenvalue weighted by Crippen LogP contribution is 2.60. The third kappa shape index (κ3) is 3.64. The summed E-state index contributed by atoms with van der Waals surface area (Å²) < 4.78 is 0. The van der Waals surface area contributed by atoms with Crippen LogP contribution in [0.4, 0.5) is 11.4 Å².